The summed E-state index contributed by atoms with van der Waals surface area (Å²) < 4.78 is 13.9. The molecule has 1 heterocycles. The molecular weight excluding hydrogens is 269 g/mol. The third-order valence-electron chi connectivity index (χ3n) is 4.58. The fourth-order valence-electron chi connectivity index (χ4n) is 2.91. The summed E-state index contributed by atoms with van der Waals surface area (Å²) in [5, 5.41) is 3.41. The molecule has 1 amide bonds. The van der Waals surface area contributed by atoms with Crippen LogP contribution < -0.4 is 11.1 Å². The molecule has 3 atom stereocenters. The van der Waals surface area contributed by atoms with Crippen LogP contribution in [0.1, 0.15) is 36.2 Å². The second kappa shape index (κ2) is 6.02. The summed E-state index contributed by atoms with van der Waals surface area (Å²) in [6.45, 7) is 7.08. The van der Waals surface area contributed by atoms with Gasteiger partial charge in [0.1, 0.15) is 5.82 Å². The van der Waals surface area contributed by atoms with E-state index < -0.39 is 11.7 Å². The van der Waals surface area contributed by atoms with Crippen molar-refractivity contribution in [2.24, 2.45) is 11.7 Å². The van der Waals surface area contributed by atoms with Crippen LogP contribution in [-0.4, -0.2) is 36.5 Å². The van der Waals surface area contributed by atoms with Crippen molar-refractivity contribution >= 4 is 11.6 Å². The number of amides is 1. The topological polar surface area (TPSA) is 58.4 Å². The molecule has 0 spiro atoms. The first-order valence-electron chi connectivity index (χ1n) is 7.36. The molecule has 1 saturated heterocycles. The quantitative estimate of drug-likeness (QED) is 0.899. The predicted octanol–water partition coefficient (Wildman–Crippen LogP) is 2.37. The van der Waals surface area contributed by atoms with Gasteiger partial charge >= 0.3 is 0 Å². The van der Waals surface area contributed by atoms with Crippen molar-refractivity contribution in [1.29, 1.82) is 0 Å². The van der Waals surface area contributed by atoms with Crippen LogP contribution in [0.5, 0.6) is 0 Å². The van der Waals surface area contributed by atoms with Gasteiger partial charge in [0.2, 0.25) is 5.91 Å². The lowest BCUT2D eigenvalue weighted by atomic mass is 9.89. The van der Waals surface area contributed by atoms with E-state index in [9.17, 15) is 9.18 Å². The summed E-state index contributed by atoms with van der Waals surface area (Å²) in [5.41, 5.74) is 6.66. The Kier molecular flexibility index (Phi) is 4.52. The highest BCUT2D eigenvalue weighted by Crippen LogP contribution is 2.27. The number of piperidine rings is 1. The third-order valence-corrected chi connectivity index (χ3v) is 4.58. The normalized spacial score (nSPS) is 26.6. The zero-order chi connectivity index (χ0) is 15.7. The number of anilines is 1. The monoisotopic (exact) mass is 293 g/mol. The number of nitrogens with zero attached hydrogens (tertiary/aromatic N) is 1. The number of hydrogen-bond acceptors (Lipinski definition) is 3. The second-order valence-corrected chi connectivity index (χ2v) is 6.25. The Morgan fingerprint density at radius 3 is 2.71 bits per heavy atom. The van der Waals surface area contributed by atoms with E-state index >= 15 is 0 Å². The van der Waals surface area contributed by atoms with Gasteiger partial charge in [0, 0.05) is 35.4 Å². The maximum Gasteiger partial charge on any atom is 0.248 e. The van der Waals surface area contributed by atoms with Gasteiger partial charge < -0.3 is 16.0 Å². The number of halogens is 1. The molecule has 1 aromatic rings. The number of benzene rings is 1. The van der Waals surface area contributed by atoms with Crippen molar-refractivity contribution in [2.45, 2.75) is 39.3 Å². The van der Waals surface area contributed by atoms with Crippen LogP contribution >= 0.6 is 0 Å². The maximum atomic E-state index is 13.9. The van der Waals surface area contributed by atoms with E-state index in [-0.39, 0.29) is 11.6 Å². The van der Waals surface area contributed by atoms with E-state index in [1.165, 1.54) is 6.07 Å². The molecule has 21 heavy (non-hydrogen) atoms. The van der Waals surface area contributed by atoms with Crippen LogP contribution in [0, 0.1) is 18.7 Å². The first kappa shape index (κ1) is 15.8. The Morgan fingerprint density at radius 2 is 2.10 bits per heavy atom. The lowest BCUT2D eigenvalue weighted by Gasteiger charge is -2.40. The fraction of sp³-hybridized carbons (Fsp3) is 0.562. The molecule has 1 aromatic carbocycles. The van der Waals surface area contributed by atoms with Gasteiger partial charge in [-0.1, -0.05) is 6.92 Å². The summed E-state index contributed by atoms with van der Waals surface area (Å²) in [5.74, 6) is -0.560. The molecule has 4 nitrogen and oxygen atoms in total. The van der Waals surface area contributed by atoms with Gasteiger partial charge in [-0.25, -0.2) is 4.39 Å². The smallest absolute Gasteiger partial charge is 0.248 e. The minimum atomic E-state index is -0.609. The van der Waals surface area contributed by atoms with Gasteiger partial charge in [0.25, 0.3) is 0 Å². The summed E-state index contributed by atoms with van der Waals surface area (Å²) in [6, 6.07) is 3.58. The number of hydrogen-bond donors (Lipinski definition) is 2. The highest BCUT2D eigenvalue weighted by Gasteiger charge is 2.29. The zero-order valence-electron chi connectivity index (χ0n) is 13.1. The van der Waals surface area contributed by atoms with E-state index in [0.717, 1.165) is 13.0 Å². The van der Waals surface area contributed by atoms with Gasteiger partial charge in [0.05, 0.1) is 0 Å². The van der Waals surface area contributed by atoms with Gasteiger partial charge in [-0.15, -0.1) is 0 Å². The van der Waals surface area contributed by atoms with Gasteiger partial charge in [-0.2, -0.15) is 0 Å². The first-order chi connectivity index (χ1) is 9.79. The molecule has 3 unspecified atom stereocenters. The van der Waals surface area contributed by atoms with E-state index in [4.69, 9.17) is 5.73 Å². The molecular formula is C16H24FN3O. The number of nitrogens with one attached hydrogen (secondary N) is 1. The number of carbonyl (C=O) groups is 1. The average Bonchev–Trinajstić information content (AvgIpc) is 2.40. The fourth-order valence-corrected chi connectivity index (χ4v) is 2.91. The van der Waals surface area contributed by atoms with E-state index in [1.807, 2.05) is 0 Å². The Balaban J connectivity index is 2.24. The molecule has 116 valence electrons. The molecule has 1 fully saturated rings. The highest BCUT2D eigenvalue weighted by molar-refractivity contribution is 5.94. The van der Waals surface area contributed by atoms with Crippen molar-refractivity contribution in [3.8, 4) is 0 Å². The van der Waals surface area contributed by atoms with Gasteiger partial charge in [-0.3, -0.25) is 4.79 Å². The number of rotatable bonds is 3. The molecule has 0 bridgehead atoms. The van der Waals surface area contributed by atoms with Crippen LogP contribution in [0.3, 0.4) is 0 Å². The molecule has 0 aromatic heterocycles. The second-order valence-electron chi connectivity index (χ2n) is 6.25. The van der Waals surface area contributed by atoms with Crippen molar-refractivity contribution in [3.63, 3.8) is 0 Å². The number of carbonyl (C=O) groups excluding carboxylic acids is 1. The molecule has 3 N–H and O–H groups in total. The molecule has 1 aliphatic heterocycles. The Bertz CT molecular complexity index is 547. The standard InChI is InChI=1S/C16H24FN3O/c1-9-8-20(4)10(2)5-14(9)19-15-7-12(16(18)21)6-13(17)11(15)3/h6-7,9-10,14,19H,5,8H2,1-4H3,(H2,18,21). The van der Waals surface area contributed by atoms with Crippen LogP contribution in [0.4, 0.5) is 10.1 Å². The van der Waals surface area contributed by atoms with Crippen molar-refractivity contribution in [3.05, 3.63) is 29.1 Å². The van der Waals surface area contributed by atoms with Gasteiger partial charge in [0.15, 0.2) is 0 Å². The van der Waals surface area contributed by atoms with Crippen molar-refractivity contribution < 1.29 is 9.18 Å². The Labute approximate surface area is 125 Å². The lowest BCUT2D eigenvalue weighted by Crippen LogP contribution is -2.48. The van der Waals surface area contributed by atoms with Crippen LogP contribution in [-0.2, 0) is 0 Å². The van der Waals surface area contributed by atoms with E-state index in [0.29, 0.717) is 23.2 Å². The summed E-state index contributed by atoms with van der Waals surface area (Å²) in [7, 11) is 2.12. The summed E-state index contributed by atoms with van der Waals surface area (Å²) in [4.78, 5) is 13.6. The SMILES string of the molecule is Cc1c(F)cc(C(N)=O)cc1NC1CC(C)N(C)CC1C. The Morgan fingerprint density at radius 1 is 1.43 bits per heavy atom. The molecule has 5 heteroatoms. The minimum Gasteiger partial charge on any atom is -0.382 e. The lowest BCUT2D eigenvalue weighted by molar-refractivity contribution is 0.1000. The molecule has 2 rings (SSSR count). The third kappa shape index (κ3) is 3.35. The molecule has 0 saturated carbocycles. The van der Waals surface area contributed by atoms with E-state index in [2.05, 4.69) is 31.1 Å². The molecule has 1 aliphatic rings. The minimum absolute atomic E-state index is 0.203. The van der Waals surface area contributed by atoms with E-state index in [1.54, 1.807) is 13.0 Å². The maximum absolute atomic E-state index is 13.9. The predicted molar refractivity (Wildman–Crippen MR) is 82.9 cm³/mol. The molecule has 0 aliphatic carbocycles. The number of nitrogens with two attached hydrogens (primary N) is 1. The van der Waals surface area contributed by atoms with Crippen LogP contribution in [0.15, 0.2) is 12.1 Å². The number of likely N-dealkylation sites (tertiary alicyclic amines) is 1. The van der Waals surface area contributed by atoms with Gasteiger partial charge in [-0.05, 0) is 45.4 Å². The first-order valence-corrected chi connectivity index (χ1v) is 7.36. The summed E-state index contributed by atoms with van der Waals surface area (Å²) >= 11 is 0. The highest BCUT2D eigenvalue weighted by atomic mass is 19.1. The Hall–Kier alpha value is -1.62. The average molecular weight is 293 g/mol. The van der Waals surface area contributed by atoms with Crippen molar-refractivity contribution in [2.75, 3.05) is 18.9 Å². The van der Waals surface area contributed by atoms with Crippen LogP contribution in [0.25, 0.3) is 0 Å². The largest absolute Gasteiger partial charge is 0.382 e. The number of primary amides is 1. The summed E-state index contributed by atoms with van der Waals surface area (Å²) in [6.07, 6.45) is 0.986. The van der Waals surface area contributed by atoms with Crippen LogP contribution in [0.2, 0.25) is 0 Å². The van der Waals surface area contributed by atoms with Crippen molar-refractivity contribution in [1.82, 2.24) is 4.90 Å². The molecule has 0 radical (unpaired) electrons. The zero-order valence-corrected chi connectivity index (χ0v) is 13.1.